The van der Waals surface area contributed by atoms with E-state index in [0.717, 1.165) is 40.4 Å². The highest BCUT2D eigenvalue weighted by Gasteiger charge is 2.06. The fourth-order valence-electron chi connectivity index (χ4n) is 2.21. The lowest BCUT2D eigenvalue weighted by atomic mass is 10.1. The van der Waals surface area contributed by atoms with E-state index in [4.69, 9.17) is 11.6 Å². The summed E-state index contributed by atoms with van der Waals surface area (Å²) in [6.45, 7) is 5.11. The highest BCUT2D eigenvalue weighted by atomic mass is 35.5. The first kappa shape index (κ1) is 14.4. The molecular weight excluding hydrogens is 304 g/mol. The maximum absolute atomic E-state index is 5.83. The summed E-state index contributed by atoms with van der Waals surface area (Å²) in [7, 11) is 0. The minimum absolute atomic E-state index is 0.578. The zero-order valence-electron chi connectivity index (χ0n) is 12.0. The lowest BCUT2D eigenvalue weighted by Crippen LogP contribution is -1.97. The molecule has 2 heterocycles. The second kappa shape index (κ2) is 6.03. The molecule has 21 heavy (non-hydrogen) atoms. The quantitative estimate of drug-likeness (QED) is 0.728. The van der Waals surface area contributed by atoms with Crippen molar-refractivity contribution in [2.75, 3.05) is 5.32 Å². The van der Waals surface area contributed by atoms with Crippen LogP contribution in [0.5, 0.6) is 0 Å². The number of nitrogens with zero attached hydrogens (tertiary/aromatic N) is 2. The van der Waals surface area contributed by atoms with Crippen molar-refractivity contribution in [1.82, 2.24) is 15.0 Å². The Kier molecular flexibility index (Phi) is 4.12. The van der Waals surface area contributed by atoms with Crippen LogP contribution in [-0.2, 0) is 13.0 Å². The Morgan fingerprint density at radius 1 is 1.38 bits per heavy atom. The molecule has 3 rings (SSSR count). The third-order valence-electron chi connectivity index (χ3n) is 3.12. The maximum Gasteiger partial charge on any atom is 0.183 e. The first-order chi connectivity index (χ1) is 10.1. The molecule has 0 atom stereocenters. The number of imidazole rings is 1. The van der Waals surface area contributed by atoms with Gasteiger partial charge >= 0.3 is 0 Å². The van der Waals surface area contributed by atoms with Gasteiger partial charge in [-0.1, -0.05) is 25.4 Å². The van der Waals surface area contributed by atoms with Crippen LogP contribution in [0.1, 0.15) is 24.5 Å². The fraction of sp³-hybridized carbons (Fsp3) is 0.333. The largest absolute Gasteiger partial charge is 0.380 e. The number of anilines is 1. The Labute approximate surface area is 132 Å². The Morgan fingerprint density at radius 3 is 2.95 bits per heavy atom. The van der Waals surface area contributed by atoms with E-state index in [-0.39, 0.29) is 0 Å². The van der Waals surface area contributed by atoms with Crippen LogP contribution in [0.3, 0.4) is 0 Å². The molecule has 4 nitrogen and oxygen atoms in total. The summed E-state index contributed by atoms with van der Waals surface area (Å²) in [5.41, 5.74) is 3.14. The lowest BCUT2D eigenvalue weighted by molar-refractivity contribution is 0.627. The smallest absolute Gasteiger partial charge is 0.183 e. The first-order valence-corrected chi connectivity index (χ1v) is 8.12. The van der Waals surface area contributed by atoms with Gasteiger partial charge in [-0.25, -0.2) is 9.97 Å². The molecule has 1 aromatic carbocycles. The van der Waals surface area contributed by atoms with Crippen molar-refractivity contribution >= 4 is 39.7 Å². The van der Waals surface area contributed by atoms with Crippen LogP contribution in [0.4, 0.5) is 5.69 Å². The van der Waals surface area contributed by atoms with Crippen LogP contribution in [-0.4, -0.2) is 15.0 Å². The molecule has 0 aliphatic rings. The topological polar surface area (TPSA) is 53.6 Å². The van der Waals surface area contributed by atoms with E-state index in [1.54, 1.807) is 6.20 Å². The molecule has 0 saturated carbocycles. The number of H-pyrrole nitrogens is 1. The molecule has 2 N–H and O–H groups in total. The van der Waals surface area contributed by atoms with Crippen LogP contribution < -0.4 is 5.32 Å². The summed E-state index contributed by atoms with van der Waals surface area (Å²) in [4.78, 5) is 13.1. The lowest BCUT2D eigenvalue weighted by Gasteiger charge is -2.03. The van der Waals surface area contributed by atoms with Gasteiger partial charge in [0.15, 0.2) is 4.47 Å². The number of nitrogens with one attached hydrogen (secondary N) is 2. The highest BCUT2D eigenvalue weighted by Crippen LogP contribution is 2.21. The van der Waals surface area contributed by atoms with Gasteiger partial charge in [-0.3, -0.25) is 0 Å². The standard InChI is InChI=1S/C15H17ClN4S/c1-9(2)5-14-19-12-4-3-10(6-13(12)20-14)17-7-11-8-18-15(16)21-11/h3-4,6,8-9,17H,5,7H2,1-2H3,(H,19,20). The molecule has 0 radical (unpaired) electrons. The highest BCUT2D eigenvalue weighted by molar-refractivity contribution is 7.15. The number of hydrogen-bond donors (Lipinski definition) is 2. The minimum Gasteiger partial charge on any atom is -0.380 e. The number of rotatable bonds is 5. The van der Waals surface area contributed by atoms with Crippen LogP contribution in [0.25, 0.3) is 11.0 Å². The zero-order chi connectivity index (χ0) is 14.8. The molecule has 0 fully saturated rings. The molecule has 0 unspecified atom stereocenters. The van der Waals surface area contributed by atoms with Crippen molar-refractivity contribution in [2.45, 2.75) is 26.8 Å². The third-order valence-corrected chi connectivity index (χ3v) is 4.24. The summed E-state index contributed by atoms with van der Waals surface area (Å²) >= 11 is 7.32. The van der Waals surface area contributed by atoms with Gasteiger partial charge in [-0.15, -0.1) is 11.3 Å². The number of aromatic nitrogens is 3. The summed E-state index contributed by atoms with van der Waals surface area (Å²) < 4.78 is 0.578. The molecule has 0 spiro atoms. The normalized spacial score (nSPS) is 11.4. The molecule has 2 aromatic heterocycles. The van der Waals surface area contributed by atoms with E-state index in [1.165, 1.54) is 11.3 Å². The van der Waals surface area contributed by atoms with Crippen molar-refractivity contribution in [1.29, 1.82) is 0 Å². The summed E-state index contributed by atoms with van der Waals surface area (Å²) in [5, 5.41) is 3.38. The Morgan fingerprint density at radius 2 is 2.24 bits per heavy atom. The number of aromatic amines is 1. The average molecular weight is 321 g/mol. The van der Waals surface area contributed by atoms with Crippen molar-refractivity contribution < 1.29 is 0 Å². The fourth-order valence-corrected chi connectivity index (χ4v) is 3.13. The number of benzene rings is 1. The Balaban J connectivity index is 1.74. The third kappa shape index (κ3) is 3.54. The van der Waals surface area contributed by atoms with Crippen molar-refractivity contribution in [3.8, 4) is 0 Å². The van der Waals surface area contributed by atoms with Crippen molar-refractivity contribution in [3.05, 3.63) is 39.6 Å². The van der Waals surface area contributed by atoms with E-state index in [0.29, 0.717) is 10.4 Å². The molecule has 0 aliphatic carbocycles. The minimum atomic E-state index is 0.578. The molecule has 6 heteroatoms. The van der Waals surface area contributed by atoms with Crippen LogP contribution >= 0.6 is 22.9 Å². The van der Waals surface area contributed by atoms with E-state index in [1.807, 2.05) is 12.1 Å². The molecule has 3 aromatic rings. The predicted octanol–water partition coefficient (Wildman–Crippen LogP) is 4.48. The van der Waals surface area contributed by atoms with Gasteiger partial charge in [0.05, 0.1) is 17.6 Å². The number of fused-ring (bicyclic) bond motifs is 1. The molecule has 0 bridgehead atoms. The average Bonchev–Trinajstić information content (AvgIpc) is 3.00. The Hall–Kier alpha value is -1.59. The monoisotopic (exact) mass is 320 g/mol. The van der Waals surface area contributed by atoms with E-state index in [9.17, 15) is 0 Å². The van der Waals surface area contributed by atoms with Gasteiger partial charge < -0.3 is 10.3 Å². The van der Waals surface area contributed by atoms with Crippen LogP contribution in [0.15, 0.2) is 24.4 Å². The molecule has 0 saturated heterocycles. The second-order valence-corrected chi connectivity index (χ2v) is 7.14. The summed E-state index contributed by atoms with van der Waals surface area (Å²) in [5.74, 6) is 1.64. The predicted molar refractivity (Wildman–Crippen MR) is 89.1 cm³/mol. The molecule has 110 valence electrons. The number of halogens is 1. The first-order valence-electron chi connectivity index (χ1n) is 6.93. The molecule has 0 aliphatic heterocycles. The van der Waals surface area contributed by atoms with Gasteiger partial charge in [-0.05, 0) is 24.1 Å². The van der Waals surface area contributed by atoms with Crippen molar-refractivity contribution in [3.63, 3.8) is 0 Å². The SMILES string of the molecule is CC(C)Cc1nc2ccc(NCc3cnc(Cl)s3)cc2[nH]1. The summed E-state index contributed by atoms with van der Waals surface area (Å²) in [6.07, 6.45) is 2.77. The summed E-state index contributed by atoms with van der Waals surface area (Å²) in [6, 6.07) is 6.18. The Bertz CT molecular complexity index is 747. The van der Waals surface area contributed by atoms with Gasteiger partial charge in [0, 0.05) is 23.2 Å². The maximum atomic E-state index is 5.83. The second-order valence-electron chi connectivity index (χ2n) is 5.45. The van der Waals surface area contributed by atoms with Crippen molar-refractivity contribution in [2.24, 2.45) is 5.92 Å². The number of thiazole rings is 1. The van der Waals surface area contributed by atoms with Crippen LogP contribution in [0.2, 0.25) is 4.47 Å². The van der Waals surface area contributed by atoms with E-state index in [2.05, 4.69) is 40.2 Å². The van der Waals surface area contributed by atoms with Gasteiger partial charge in [0.1, 0.15) is 5.82 Å². The number of hydrogen-bond acceptors (Lipinski definition) is 4. The zero-order valence-corrected chi connectivity index (χ0v) is 13.6. The van der Waals surface area contributed by atoms with E-state index >= 15 is 0 Å². The van der Waals surface area contributed by atoms with Gasteiger partial charge in [-0.2, -0.15) is 0 Å². The van der Waals surface area contributed by atoms with E-state index < -0.39 is 0 Å². The molecular formula is C15H17ClN4S. The van der Waals surface area contributed by atoms with Crippen LogP contribution in [0, 0.1) is 5.92 Å². The van der Waals surface area contributed by atoms with Gasteiger partial charge in [0.25, 0.3) is 0 Å². The van der Waals surface area contributed by atoms with Gasteiger partial charge in [0.2, 0.25) is 0 Å². The molecule has 0 amide bonds.